The Kier molecular flexibility index (Phi) is 8.84. The summed E-state index contributed by atoms with van der Waals surface area (Å²) in [7, 11) is 0. The summed E-state index contributed by atoms with van der Waals surface area (Å²) in [6.45, 7) is 3.56. The molecule has 2 rings (SSSR count). The molecule has 0 spiro atoms. The Morgan fingerprint density at radius 2 is 1.43 bits per heavy atom. The van der Waals surface area contributed by atoms with Crippen molar-refractivity contribution >= 4 is 17.7 Å². The molecule has 0 aromatic heterocycles. The number of aliphatic hydroxyl groups is 1. The molecule has 28 heavy (non-hydrogen) atoms. The molecular formula is C21H24O7. The van der Waals surface area contributed by atoms with E-state index in [1.165, 1.54) is 12.1 Å². The lowest BCUT2D eigenvalue weighted by Gasteiger charge is -2.08. The first-order valence-corrected chi connectivity index (χ1v) is 8.71. The number of carbonyl (C=O) groups excluding carboxylic acids is 1. The van der Waals surface area contributed by atoms with Crippen molar-refractivity contribution in [2.24, 2.45) is 0 Å². The van der Waals surface area contributed by atoms with Gasteiger partial charge in [-0.15, -0.1) is 0 Å². The monoisotopic (exact) mass is 388 g/mol. The molecule has 2 aromatic rings. The van der Waals surface area contributed by atoms with E-state index in [4.69, 9.17) is 15.3 Å². The van der Waals surface area contributed by atoms with Crippen molar-refractivity contribution in [3.8, 4) is 5.75 Å². The van der Waals surface area contributed by atoms with Gasteiger partial charge in [-0.05, 0) is 54.8 Å². The van der Waals surface area contributed by atoms with E-state index in [0.717, 1.165) is 18.1 Å². The van der Waals surface area contributed by atoms with Crippen molar-refractivity contribution in [2.45, 2.75) is 39.2 Å². The van der Waals surface area contributed by atoms with E-state index in [9.17, 15) is 19.5 Å². The largest absolute Gasteiger partial charge is 0.508 e. The van der Waals surface area contributed by atoms with E-state index in [1.807, 2.05) is 6.92 Å². The van der Waals surface area contributed by atoms with E-state index in [1.54, 1.807) is 31.2 Å². The number of ketones is 1. The van der Waals surface area contributed by atoms with Crippen LogP contribution in [0.2, 0.25) is 0 Å². The fraction of sp³-hybridized carbons (Fsp3) is 0.286. The molecule has 0 saturated heterocycles. The molecule has 1 atom stereocenters. The number of carbonyl (C=O) groups is 3. The summed E-state index contributed by atoms with van der Waals surface area (Å²) in [4.78, 5) is 32.4. The third-order valence-electron chi connectivity index (χ3n) is 3.80. The minimum absolute atomic E-state index is 0.00241. The van der Waals surface area contributed by atoms with Crippen molar-refractivity contribution < 1.29 is 34.8 Å². The maximum absolute atomic E-state index is 11.3. The van der Waals surface area contributed by atoms with Crippen molar-refractivity contribution in [1.29, 1.82) is 0 Å². The van der Waals surface area contributed by atoms with Gasteiger partial charge in [0.1, 0.15) is 11.9 Å². The predicted octanol–water partition coefficient (Wildman–Crippen LogP) is 3.06. The van der Waals surface area contributed by atoms with E-state index in [2.05, 4.69) is 0 Å². The van der Waals surface area contributed by atoms with Crippen LogP contribution < -0.4 is 0 Å². The van der Waals surface area contributed by atoms with Crippen molar-refractivity contribution in [3.63, 3.8) is 0 Å². The Morgan fingerprint density at radius 1 is 0.929 bits per heavy atom. The molecule has 0 saturated carbocycles. The molecule has 4 N–H and O–H groups in total. The average Bonchev–Trinajstić information content (AvgIpc) is 2.63. The van der Waals surface area contributed by atoms with Crippen LogP contribution in [0.25, 0.3) is 0 Å². The molecule has 7 nitrogen and oxygen atoms in total. The standard InChI is InChI=1S/C12H16O3.C9H8O4/c1-2-3-11(14)12(15)8-9-4-6-10(13)7-5-9;1-5-2-6(8(10)11)4-7(3-5)9(12)13/h4-7,12-13,15H,2-3,8H2,1H3;2-4H,1H3,(H,10,11)(H,12,13). The molecule has 0 bridgehead atoms. The fourth-order valence-corrected chi connectivity index (χ4v) is 2.41. The molecule has 150 valence electrons. The first-order valence-electron chi connectivity index (χ1n) is 8.71. The van der Waals surface area contributed by atoms with E-state index >= 15 is 0 Å². The highest BCUT2D eigenvalue weighted by Crippen LogP contribution is 2.12. The molecule has 2 aromatic carbocycles. The summed E-state index contributed by atoms with van der Waals surface area (Å²) in [5.74, 6) is -2.17. The highest BCUT2D eigenvalue weighted by molar-refractivity contribution is 5.94. The molecule has 0 aliphatic rings. The maximum atomic E-state index is 11.3. The first kappa shape index (κ1) is 22.9. The van der Waals surface area contributed by atoms with Gasteiger partial charge in [0, 0.05) is 12.8 Å². The Bertz CT molecular complexity index is 793. The van der Waals surface area contributed by atoms with E-state index < -0.39 is 18.0 Å². The third-order valence-corrected chi connectivity index (χ3v) is 3.80. The van der Waals surface area contributed by atoms with Gasteiger partial charge in [-0.2, -0.15) is 0 Å². The Balaban J connectivity index is 0.000000283. The van der Waals surface area contributed by atoms with Gasteiger partial charge < -0.3 is 20.4 Å². The number of hydrogen-bond acceptors (Lipinski definition) is 5. The summed E-state index contributed by atoms with van der Waals surface area (Å²) in [5, 5.41) is 35.9. The Morgan fingerprint density at radius 3 is 1.86 bits per heavy atom. The number of hydrogen-bond donors (Lipinski definition) is 4. The fourth-order valence-electron chi connectivity index (χ4n) is 2.41. The van der Waals surface area contributed by atoms with Crippen molar-refractivity contribution in [2.75, 3.05) is 0 Å². The number of carboxylic acid groups (broad SMARTS) is 2. The molecule has 7 heteroatoms. The Labute approximate surface area is 162 Å². The van der Waals surface area contributed by atoms with E-state index in [0.29, 0.717) is 18.4 Å². The Hall–Kier alpha value is -3.19. The van der Waals surface area contributed by atoms with E-state index in [-0.39, 0.29) is 22.7 Å². The van der Waals surface area contributed by atoms with Gasteiger partial charge in [0.05, 0.1) is 11.1 Å². The maximum Gasteiger partial charge on any atom is 0.335 e. The summed E-state index contributed by atoms with van der Waals surface area (Å²) in [6, 6.07) is 10.5. The number of rotatable bonds is 7. The number of aryl methyl sites for hydroxylation is 1. The van der Waals surface area contributed by atoms with Crippen LogP contribution in [0.4, 0.5) is 0 Å². The highest BCUT2D eigenvalue weighted by atomic mass is 16.4. The lowest BCUT2D eigenvalue weighted by molar-refractivity contribution is -0.127. The van der Waals surface area contributed by atoms with Crippen molar-refractivity contribution in [3.05, 3.63) is 64.7 Å². The van der Waals surface area contributed by atoms with Gasteiger partial charge in [0.25, 0.3) is 0 Å². The zero-order valence-electron chi connectivity index (χ0n) is 15.8. The second-order valence-electron chi connectivity index (χ2n) is 6.30. The molecule has 0 fully saturated rings. The molecule has 1 unspecified atom stereocenters. The zero-order chi connectivity index (χ0) is 21.3. The molecular weight excluding hydrogens is 364 g/mol. The van der Waals surface area contributed by atoms with Crippen LogP contribution in [0, 0.1) is 6.92 Å². The van der Waals surface area contributed by atoms with Crippen LogP contribution in [0.15, 0.2) is 42.5 Å². The van der Waals surface area contributed by atoms with Gasteiger partial charge in [-0.3, -0.25) is 4.79 Å². The van der Waals surface area contributed by atoms with Gasteiger partial charge in [0.2, 0.25) is 0 Å². The van der Waals surface area contributed by atoms with Crippen LogP contribution >= 0.6 is 0 Å². The number of aromatic hydroxyl groups is 1. The number of carboxylic acids is 2. The number of benzene rings is 2. The lowest BCUT2D eigenvalue weighted by atomic mass is 10.0. The van der Waals surface area contributed by atoms with Gasteiger partial charge in [0.15, 0.2) is 5.78 Å². The molecule has 0 radical (unpaired) electrons. The van der Waals surface area contributed by atoms with Crippen LogP contribution in [-0.2, 0) is 11.2 Å². The molecule has 0 heterocycles. The smallest absolute Gasteiger partial charge is 0.335 e. The number of Topliss-reactive ketones (excluding diaryl/α,β-unsaturated/α-hetero) is 1. The molecule has 0 aliphatic carbocycles. The summed E-state index contributed by atoms with van der Waals surface area (Å²) in [6.07, 6.45) is 0.568. The van der Waals surface area contributed by atoms with Crippen LogP contribution in [0.1, 0.15) is 51.6 Å². The van der Waals surface area contributed by atoms with Gasteiger partial charge in [-0.25, -0.2) is 9.59 Å². The summed E-state index contributed by atoms with van der Waals surface area (Å²) >= 11 is 0. The third kappa shape index (κ3) is 7.59. The molecule has 0 aliphatic heterocycles. The second-order valence-corrected chi connectivity index (χ2v) is 6.30. The highest BCUT2D eigenvalue weighted by Gasteiger charge is 2.14. The lowest BCUT2D eigenvalue weighted by Crippen LogP contribution is -2.22. The topological polar surface area (TPSA) is 132 Å². The number of phenols is 1. The normalized spacial score (nSPS) is 11.1. The van der Waals surface area contributed by atoms with Gasteiger partial charge in [-0.1, -0.05) is 19.1 Å². The number of phenolic OH excluding ortho intramolecular Hbond substituents is 1. The predicted molar refractivity (Wildman–Crippen MR) is 103 cm³/mol. The minimum atomic E-state index is -1.12. The number of aromatic carboxylic acids is 2. The first-order chi connectivity index (χ1) is 13.1. The SMILES string of the molecule is CCCC(=O)C(O)Cc1ccc(O)cc1.Cc1cc(C(=O)O)cc(C(=O)O)c1. The number of aliphatic hydroxyl groups excluding tert-OH is 1. The van der Waals surface area contributed by atoms with Gasteiger partial charge >= 0.3 is 11.9 Å². The minimum Gasteiger partial charge on any atom is -0.508 e. The van der Waals surface area contributed by atoms with Crippen LogP contribution in [0.3, 0.4) is 0 Å². The van der Waals surface area contributed by atoms with Crippen LogP contribution in [-0.4, -0.2) is 44.3 Å². The summed E-state index contributed by atoms with van der Waals surface area (Å²) < 4.78 is 0. The second kappa shape index (κ2) is 10.8. The van der Waals surface area contributed by atoms with Crippen LogP contribution in [0.5, 0.6) is 5.75 Å². The average molecular weight is 388 g/mol. The zero-order valence-corrected chi connectivity index (χ0v) is 15.8. The summed E-state index contributed by atoms with van der Waals surface area (Å²) in [5.41, 5.74) is 1.47. The van der Waals surface area contributed by atoms with Crippen molar-refractivity contribution in [1.82, 2.24) is 0 Å². The quantitative estimate of drug-likeness (QED) is 0.573. The molecule has 0 amide bonds.